The quantitative estimate of drug-likeness (QED) is 0.384. The molecule has 0 atom stereocenters. The van der Waals surface area contributed by atoms with Crippen LogP contribution in [0.3, 0.4) is 0 Å². The molecule has 0 fully saturated rings. The van der Waals surface area contributed by atoms with E-state index in [1.165, 1.54) is 17.0 Å². The van der Waals surface area contributed by atoms with Crippen molar-refractivity contribution in [1.82, 2.24) is 14.5 Å². The Kier molecular flexibility index (Phi) is 3.53. The number of nitrogens with zero attached hydrogens (tertiary/aromatic N) is 4. The number of aromatic nitrogens is 3. The molecular weight excluding hydrogens is 299 g/mol. The van der Waals surface area contributed by atoms with E-state index in [1.54, 1.807) is 0 Å². The van der Waals surface area contributed by atoms with Crippen LogP contribution in [0, 0.1) is 0 Å². The summed E-state index contributed by atoms with van der Waals surface area (Å²) in [5.74, 6) is -0.340. The summed E-state index contributed by atoms with van der Waals surface area (Å²) in [7, 11) is 0. The Labute approximate surface area is 115 Å². The fourth-order valence-corrected chi connectivity index (χ4v) is 1.73. The molecule has 0 spiro atoms. The molecule has 20 heavy (non-hydrogen) atoms. The molecule has 0 aliphatic carbocycles. The average molecular weight is 306 g/mol. The van der Waals surface area contributed by atoms with Gasteiger partial charge in [-0.2, -0.15) is 13.2 Å². The molecule has 0 amide bonds. The third-order valence-electron chi connectivity index (χ3n) is 2.35. The maximum Gasteiger partial charge on any atom is 0.417 e. The fraction of sp³-hybridized carbons (Fsp3) is 0.100. The van der Waals surface area contributed by atoms with Crippen molar-refractivity contribution in [2.45, 2.75) is 6.18 Å². The monoisotopic (exact) mass is 305 g/mol. The molecule has 2 heterocycles. The Bertz CT molecular complexity index is 667. The topological polar surface area (TPSA) is 89.3 Å². The average Bonchev–Trinajstić information content (AvgIpc) is 2.85. The molecule has 0 aromatic carbocycles. The second-order valence-electron chi connectivity index (χ2n) is 3.63. The Morgan fingerprint density at radius 2 is 2.10 bits per heavy atom. The van der Waals surface area contributed by atoms with E-state index in [0.717, 1.165) is 6.07 Å². The van der Waals surface area contributed by atoms with E-state index >= 15 is 0 Å². The van der Waals surface area contributed by atoms with Crippen LogP contribution in [0.4, 0.5) is 13.2 Å². The lowest BCUT2D eigenvalue weighted by Gasteiger charge is -2.11. The molecule has 0 aliphatic heterocycles. The number of oxime groups is 1. The number of hydrogen-bond acceptors (Lipinski definition) is 4. The van der Waals surface area contributed by atoms with Gasteiger partial charge in [-0.05, 0) is 6.07 Å². The number of hydrogen-bond donors (Lipinski definition) is 2. The first kappa shape index (κ1) is 14.1. The Balaban J connectivity index is 2.53. The minimum Gasteiger partial charge on any atom is -0.409 e. The molecule has 6 nitrogen and oxygen atoms in total. The van der Waals surface area contributed by atoms with Crippen molar-refractivity contribution >= 4 is 17.4 Å². The summed E-state index contributed by atoms with van der Waals surface area (Å²) in [5, 5.41) is 11.1. The van der Waals surface area contributed by atoms with E-state index in [-0.39, 0.29) is 22.5 Å². The van der Waals surface area contributed by atoms with Crippen LogP contribution in [0.2, 0.25) is 5.02 Å². The maximum atomic E-state index is 12.5. The van der Waals surface area contributed by atoms with Gasteiger partial charge in [0.1, 0.15) is 0 Å². The van der Waals surface area contributed by atoms with Crippen LogP contribution in [0.5, 0.6) is 0 Å². The van der Waals surface area contributed by atoms with Gasteiger partial charge in [-0.1, -0.05) is 16.8 Å². The van der Waals surface area contributed by atoms with Crippen LogP contribution >= 0.6 is 11.6 Å². The summed E-state index contributed by atoms with van der Waals surface area (Å²) in [6.07, 6.45) is -1.23. The lowest BCUT2D eigenvalue weighted by atomic mass is 10.2. The summed E-state index contributed by atoms with van der Waals surface area (Å²) in [5.41, 5.74) is 4.42. The van der Waals surface area contributed by atoms with Crippen molar-refractivity contribution in [3.8, 4) is 5.82 Å². The highest BCUT2D eigenvalue weighted by Crippen LogP contribution is 2.32. The molecule has 2 rings (SSSR count). The first-order chi connectivity index (χ1) is 9.34. The first-order valence-electron chi connectivity index (χ1n) is 5.09. The summed E-state index contributed by atoms with van der Waals surface area (Å²) < 4.78 is 38.7. The molecule has 3 N–H and O–H groups in total. The van der Waals surface area contributed by atoms with E-state index in [9.17, 15) is 13.2 Å². The Hall–Kier alpha value is -2.29. The molecular formula is C10H7ClF3N5O. The normalized spacial score (nSPS) is 12.7. The van der Waals surface area contributed by atoms with E-state index in [1.807, 2.05) is 0 Å². The van der Waals surface area contributed by atoms with Gasteiger partial charge in [-0.25, -0.2) is 9.97 Å². The molecule has 0 aliphatic rings. The smallest absolute Gasteiger partial charge is 0.409 e. The van der Waals surface area contributed by atoms with Crippen molar-refractivity contribution in [1.29, 1.82) is 0 Å². The zero-order valence-corrected chi connectivity index (χ0v) is 10.4. The van der Waals surface area contributed by atoms with E-state index in [2.05, 4.69) is 15.1 Å². The number of nitrogens with two attached hydrogens (primary N) is 1. The standard InChI is InChI=1S/C10H7ClF3N5O/c11-6-3-5(10(12,13)14)4-17-8(6)19-2-1-16-9(19)7(15)18-20/h1-4,20H,(H2,15,18). The van der Waals surface area contributed by atoms with Gasteiger partial charge in [0.05, 0.1) is 10.6 Å². The Morgan fingerprint density at radius 1 is 1.40 bits per heavy atom. The van der Waals surface area contributed by atoms with Gasteiger partial charge >= 0.3 is 6.18 Å². The summed E-state index contributed by atoms with van der Waals surface area (Å²) in [4.78, 5) is 7.45. The summed E-state index contributed by atoms with van der Waals surface area (Å²) >= 11 is 5.79. The fourth-order valence-electron chi connectivity index (χ4n) is 1.47. The zero-order chi connectivity index (χ0) is 14.9. The number of rotatable bonds is 2. The van der Waals surface area contributed by atoms with Gasteiger partial charge in [0, 0.05) is 18.6 Å². The van der Waals surface area contributed by atoms with Crippen LogP contribution < -0.4 is 5.73 Å². The third kappa shape index (κ3) is 2.52. The second-order valence-corrected chi connectivity index (χ2v) is 4.04. The highest BCUT2D eigenvalue weighted by atomic mass is 35.5. The minimum atomic E-state index is -4.54. The predicted octanol–water partition coefficient (Wildman–Crippen LogP) is 2.03. The zero-order valence-electron chi connectivity index (χ0n) is 9.63. The third-order valence-corrected chi connectivity index (χ3v) is 2.63. The van der Waals surface area contributed by atoms with Gasteiger partial charge in [0.2, 0.25) is 5.84 Å². The van der Waals surface area contributed by atoms with Gasteiger partial charge in [0.25, 0.3) is 0 Å². The molecule has 2 aromatic heterocycles. The van der Waals surface area contributed by atoms with Crippen LogP contribution in [0.15, 0.2) is 29.8 Å². The minimum absolute atomic E-state index is 0.00154. The molecule has 10 heteroatoms. The Morgan fingerprint density at radius 3 is 2.65 bits per heavy atom. The number of pyridine rings is 1. The predicted molar refractivity (Wildman–Crippen MR) is 63.9 cm³/mol. The van der Waals surface area contributed by atoms with Crippen LogP contribution in [0.25, 0.3) is 5.82 Å². The van der Waals surface area contributed by atoms with E-state index < -0.39 is 11.7 Å². The van der Waals surface area contributed by atoms with Gasteiger partial charge in [-0.3, -0.25) is 4.57 Å². The molecule has 2 aromatic rings. The number of imidazole rings is 1. The van der Waals surface area contributed by atoms with Crippen molar-refractivity contribution in [3.63, 3.8) is 0 Å². The number of alkyl halides is 3. The van der Waals surface area contributed by atoms with Crippen LogP contribution in [0.1, 0.15) is 11.4 Å². The molecule has 0 saturated heterocycles. The SMILES string of the molecule is N/C(=N/O)c1nccn1-c1ncc(C(F)(F)F)cc1Cl. The summed E-state index contributed by atoms with van der Waals surface area (Å²) in [6, 6.07) is 0.736. The molecule has 0 unspecified atom stereocenters. The van der Waals surface area contributed by atoms with Crippen LogP contribution in [-0.2, 0) is 6.18 Å². The molecule has 0 saturated carbocycles. The highest BCUT2D eigenvalue weighted by molar-refractivity contribution is 6.32. The largest absolute Gasteiger partial charge is 0.417 e. The van der Waals surface area contributed by atoms with Crippen molar-refractivity contribution < 1.29 is 18.4 Å². The first-order valence-corrected chi connectivity index (χ1v) is 5.46. The molecule has 106 valence electrons. The maximum absolute atomic E-state index is 12.5. The van der Waals surface area contributed by atoms with Gasteiger partial charge in [0.15, 0.2) is 11.6 Å². The van der Waals surface area contributed by atoms with Crippen molar-refractivity contribution in [3.05, 3.63) is 41.1 Å². The molecule has 0 radical (unpaired) electrons. The van der Waals surface area contributed by atoms with Gasteiger partial charge < -0.3 is 10.9 Å². The lowest BCUT2D eigenvalue weighted by Crippen LogP contribution is -2.19. The summed E-state index contributed by atoms with van der Waals surface area (Å²) in [6.45, 7) is 0. The second kappa shape index (κ2) is 5.00. The van der Waals surface area contributed by atoms with E-state index in [0.29, 0.717) is 6.20 Å². The van der Waals surface area contributed by atoms with Crippen molar-refractivity contribution in [2.24, 2.45) is 10.9 Å². The lowest BCUT2D eigenvalue weighted by molar-refractivity contribution is -0.137. The highest BCUT2D eigenvalue weighted by Gasteiger charge is 2.31. The van der Waals surface area contributed by atoms with E-state index in [4.69, 9.17) is 22.5 Å². The van der Waals surface area contributed by atoms with Crippen LogP contribution in [-0.4, -0.2) is 25.6 Å². The van der Waals surface area contributed by atoms with Gasteiger partial charge in [-0.15, -0.1) is 0 Å². The molecule has 0 bridgehead atoms. The van der Waals surface area contributed by atoms with Crippen molar-refractivity contribution in [2.75, 3.05) is 0 Å². The number of amidine groups is 1. The number of halogens is 4.